The molecule has 3 rings (SSSR count). The molecule has 24 heavy (non-hydrogen) atoms. The predicted octanol–water partition coefficient (Wildman–Crippen LogP) is 2.78. The van der Waals surface area contributed by atoms with E-state index in [1.165, 1.54) is 16.9 Å². The van der Waals surface area contributed by atoms with E-state index in [0.29, 0.717) is 5.65 Å². The summed E-state index contributed by atoms with van der Waals surface area (Å²) >= 11 is 5.78. The molecule has 0 amide bonds. The summed E-state index contributed by atoms with van der Waals surface area (Å²) in [6.45, 7) is -3.06. The van der Waals surface area contributed by atoms with Crippen molar-refractivity contribution >= 4 is 33.0 Å². The summed E-state index contributed by atoms with van der Waals surface area (Å²) in [5.41, 5.74) is 0.476. The van der Waals surface area contributed by atoms with Crippen LogP contribution in [-0.2, 0) is 10.0 Å². The van der Waals surface area contributed by atoms with E-state index in [4.69, 9.17) is 11.6 Å². The minimum absolute atomic E-state index is 0.166. The fourth-order valence-electron chi connectivity index (χ4n) is 1.94. The van der Waals surface area contributed by atoms with Crippen molar-refractivity contribution in [3.63, 3.8) is 0 Å². The first-order valence-electron chi connectivity index (χ1n) is 6.42. The first-order chi connectivity index (χ1) is 11.4. The van der Waals surface area contributed by atoms with Gasteiger partial charge in [0.1, 0.15) is 11.4 Å². The number of ether oxygens (including phenoxy) is 1. The highest BCUT2D eigenvalue weighted by Crippen LogP contribution is 2.29. The van der Waals surface area contributed by atoms with Crippen LogP contribution >= 0.6 is 11.6 Å². The van der Waals surface area contributed by atoms with Crippen molar-refractivity contribution < 1.29 is 21.9 Å². The molecular formula is C13H9ClF2N4O3S. The van der Waals surface area contributed by atoms with Crippen molar-refractivity contribution in [3.05, 3.63) is 47.9 Å². The molecule has 0 atom stereocenters. The van der Waals surface area contributed by atoms with Gasteiger partial charge in [0.05, 0.1) is 16.1 Å². The first-order valence-corrected chi connectivity index (χ1v) is 8.28. The van der Waals surface area contributed by atoms with Crippen molar-refractivity contribution in [1.82, 2.24) is 14.6 Å². The number of fused-ring (bicyclic) bond motifs is 1. The van der Waals surface area contributed by atoms with Gasteiger partial charge >= 0.3 is 6.61 Å². The summed E-state index contributed by atoms with van der Waals surface area (Å²) in [5, 5.41) is 3.71. The van der Waals surface area contributed by atoms with Gasteiger partial charge in [-0.25, -0.2) is 17.9 Å². The van der Waals surface area contributed by atoms with Crippen molar-refractivity contribution in [2.24, 2.45) is 0 Å². The van der Waals surface area contributed by atoms with Crippen LogP contribution in [0.15, 0.2) is 47.8 Å². The molecule has 0 saturated carbocycles. The Kier molecular flexibility index (Phi) is 4.24. The Hall–Kier alpha value is -2.46. The van der Waals surface area contributed by atoms with Crippen LogP contribution in [0.4, 0.5) is 14.5 Å². The van der Waals surface area contributed by atoms with E-state index in [-0.39, 0.29) is 21.4 Å². The molecule has 0 aliphatic carbocycles. The summed E-state index contributed by atoms with van der Waals surface area (Å²) in [7, 11) is -4.01. The van der Waals surface area contributed by atoms with Crippen molar-refractivity contribution in [3.8, 4) is 5.75 Å². The van der Waals surface area contributed by atoms with Gasteiger partial charge in [0.25, 0.3) is 10.0 Å². The molecule has 126 valence electrons. The number of aromatic nitrogens is 3. The highest BCUT2D eigenvalue weighted by atomic mass is 35.5. The van der Waals surface area contributed by atoms with Crippen LogP contribution in [0, 0.1) is 0 Å². The number of sulfonamides is 1. The van der Waals surface area contributed by atoms with E-state index in [9.17, 15) is 17.2 Å². The Balaban J connectivity index is 1.92. The van der Waals surface area contributed by atoms with Crippen molar-refractivity contribution in [1.29, 1.82) is 0 Å². The van der Waals surface area contributed by atoms with Gasteiger partial charge in [0.2, 0.25) is 0 Å². The number of nitrogens with one attached hydrogen (secondary N) is 1. The predicted molar refractivity (Wildman–Crippen MR) is 81.9 cm³/mol. The van der Waals surface area contributed by atoms with Gasteiger partial charge in [-0.1, -0.05) is 11.6 Å². The van der Waals surface area contributed by atoms with Gasteiger partial charge < -0.3 is 4.74 Å². The molecule has 0 aliphatic rings. The lowest BCUT2D eigenvalue weighted by Gasteiger charge is -2.10. The number of rotatable bonds is 5. The fourth-order valence-corrected chi connectivity index (χ4v) is 3.30. The van der Waals surface area contributed by atoms with Crippen LogP contribution in [0.25, 0.3) is 5.65 Å². The number of alkyl halides is 2. The minimum atomic E-state index is -4.01. The largest absolute Gasteiger partial charge is 0.433 e. The summed E-state index contributed by atoms with van der Waals surface area (Å²) in [4.78, 5) is 3.81. The molecule has 0 aliphatic heterocycles. The Morgan fingerprint density at radius 2 is 2.12 bits per heavy atom. The first kappa shape index (κ1) is 16.4. The standard InChI is InChI=1S/C13H9ClF2N4O3S/c14-9-6-8(2-3-11(9)23-13(15)16)24(21,22)19-10-7-18-20-5-1-4-17-12(10)20/h1-7,13,19H. The smallest absolute Gasteiger partial charge is 0.387 e. The maximum Gasteiger partial charge on any atom is 0.387 e. The third-order valence-corrected chi connectivity index (χ3v) is 4.61. The molecule has 0 spiro atoms. The molecule has 0 bridgehead atoms. The zero-order chi connectivity index (χ0) is 17.3. The maximum absolute atomic E-state index is 12.4. The molecule has 1 N–H and O–H groups in total. The highest BCUT2D eigenvalue weighted by molar-refractivity contribution is 7.92. The summed E-state index contributed by atoms with van der Waals surface area (Å²) < 4.78 is 57.1. The van der Waals surface area contributed by atoms with E-state index < -0.39 is 16.6 Å². The van der Waals surface area contributed by atoms with Crippen LogP contribution in [-0.4, -0.2) is 29.6 Å². The van der Waals surface area contributed by atoms with Gasteiger partial charge in [-0.3, -0.25) is 4.72 Å². The zero-order valence-corrected chi connectivity index (χ0v) is 13.3. The quantitative estimate of drug-likeness (QED) is 0.742. The molecule has 1 aromatic carbocycles. The third-order valence-electron chi connectivity index (χ3n) is 2.95. The Labute approximate surface area is 139 Å². The van der Waals surface area contributed by atoms with Crippen LogP contribution in [0.5, 0.6) is 5.75 Å². The monoisotopic (exact) mass is 374 g/mol. The van der Waals surface area contributed by atoms with Crippen molar-refractivity contribution in [2.45, 2.75) is 11.5 Å². The molecular weight excluding hydrogens is 366 g/mol. The molecule has 0 fully saturated rings. The lowest BCUT2D eigenvalue weighted by Crippen LogP contribution is -2.13. The van der Waals surface area contributed by atoms with Crippen molar-refractivity contribution in [2.75, 3.05) is 4.72 Å². The van der Waals surface area contributed by atoms with E-state index in [0.717, 1.165) is 18.2 Å². The number of halogens is 3. The lowest BCUT2D eigenvalue weighted by molar-refractivity contribution is -0.0498. The second kappa shape index (κ2) is 6.21. The van der Waals surface area contributed by atoms with Crippen LogP contribution in [0.3, 0.4) is 0 Å². The van der Waals surface area contributed by atoms with Gasteiger partial charge in [0, 0.05) is 12.4 Å². The minimum Gasteiger partial charge on any atom is -0.433 e. The van der Waals surface area contributed by atoms with Gasteiger partial charge in [0.15, 0.2) is 5.65 Å². The third kappa shape index (κ3) is 3.24. The molecule has 2 heterocycles. The van der Waals surface area contributed by atoms with E-state index in [1.807, 2.05) is 0 Å². The molecule has 0 unspecified atom stereocenters. The van der Waals surface area contributed by atoms with Gasteiger partial charge in [-0.15, -0.1) is 0 Å². The summed E-state index contributed by atoms with van der Waals surface area (Å²) in [6.07, 6.45) is 4.39. The Bertz CT molecular complexity index is 994. The highest BCUT2D eigenvalue weighted by Gasteiger charge is 2.19. The van der Waals surface area contributed by atoms with Crippen LogP contribution < -0.4 is 9.46 Å². The van der Waals surface area contributed by atoms with Crippen LogP contribution in [0.2, 0.25) is 5.02 Å². The van der Waals surface area contributed by atoms with Crippen LogP contribution in [0.1, 0.15) is 0 Å². The molecule has 3 aromatic rings. The number of hydrogen-bond donors (Lipinski definition) is 1. The summed E-state index contributed by atoms with van der Waals surface area (Å²) in [6, 6.07) is 4.81. The fraction of sp³-hybridized carbons (Fsp3) is 0.0769. The normalized spacial score (nSPS) is 11.8. The SMILES string of the molecule is O=S(=O)(Nc1cnn2cccnc12)c1ccc(OC(F)F)c(Cl)c1. The zero-order valence-electron chi connectivity index (χ0n) is 11.7. The number of hydrogen-bond acceptors (Lipinski definition) is 5. The second-order valence-corrected chi connectivity index (χ2v) is 6.61. The average molecular weight is 375 g/mol. The Morgan fingerprint density at radius 3 is 2.83 bits per heavy atom. The van der Waals surface area contributed by atoms with Gasteiger partial charge in [-0.2, -0.15) is 13.9 Å². The maximum atomic E-state index is 12.4. The number of anilines is 1. The molecule has 0 saturated heterocycles. The second-order valence-electron chi connectivity index (χ2n) is 4.52. The lowest BCUT2D eigenvalue weighted by atomic mass is 10.3. The molecule has 0 radical (unpaired) electrons. The van der Waals surface area contributed by atoms with E-state index >= 15 is 0 Å². The molecule has 2 aromatic heterocycles. The van der Waals surface area contributed by atoms with E-state index in [1.54, 1.807) is 12.3 Å². The number of nitrogens with zero attached hydrogens (tertiary/aromatic N) is 3. The average Bonchev–Trinajstić information content (AvgIpc) is 2.91. The van der Waals surface area contributed by atoms with E-state index in [2.05, 4.69) is 19.5 Å². The van der Waals surface area contributed by atoms with Gasteiger partial charge in [-0.05, 0) is 24.3 Å². The summed E-state index contributed by atoms with van der Waals surface area (Å²) in [5.74, 6) is -0.316. The Morgan fingerprint density at radius 1 is 1.33 bits per heavy atom. The molecule has 7 nitrogen and oxygen atoms in total. The number of benzene rings is 1. The topological polar surface area (TPSA) is 85.6 Å². The molecule has 11 heteroatoms.